The molecule has 0 radical (unpaired) electrons. The summed E-state index contributed by atoms with van der Waals surface area (Å²) in [7, 11) is 4.02. The molecular formula is C22H23F2N7. The molecule has 160 valence electrons. The van der Waals surface area contributed by atoms with E-state index >= 15 is 0 Å². The van der Waals surface area contributed by atoms with Gasteiger partial charge in [-0.2, -0.15) is 10.2 Å². The number of anilines is 1. The number of hydrogen-bond acceptors (Lipinski definition) is 5. The molecule has 0 saturated carbocycles. The van der Waals surface area contributed by atoms with Gasteiger partial charge in [-0.25, -0.2) is 23.0 Å². The molecule has 1 fully saturated rings. The lowest BCUT2D eigenvalue weighted by atomic mass is 10.0. The standard InChI is InChI=1S/C22H23F2N7/c1-28(2)13-15-11-25-31(14-15)20-12-26-30-9-7-21(27-22(20)30)29-8-3-4-19(29)17-10-16(23)5-6-18(17)24/h5-7,9-12,14,19H,3-4,8,13H2,1-2H3. The highest BCUT2D eigenvalue weighted by Gasteiger charge is 2.30. The molecule has 1 unspecified atom stereocenters. The number of halogens is 2. The van der Waals surface area contributed by atoms with Gasteiger partial charge in [-0.05, 0) is 51.2 Å². The third kappa shape index (κ3) is 3.65. The SMILES string of the molecule is CN(C)Cc1cnn(-c2cnn3ccc(N4CCCC4c4cc(F)ccc4F)nc23)c1. The Bertz CT molecular complexity index is 1230. The van der Waals surface area contributed by atoms with E-state index in [1.165, 1.54) is 12.1 Å². The Morgan fingerprint density at radius 1 is 1.13 bits per heavy atom. The summed E-state index contributed by atoms with van der Waals surface area (Å²) in [6.07, 6.45) is 8.98. The minimum Gasteiger partial charge on any atom is -0.349 e. The molecule has 9 heteroatoms. The average molecular weight is 423 g/mol. The normalized spacial score (nSPS) is 16.7. The number of hydrogen-bond donors (Lipinski definition) is 0. The molecule has 1 atom stereocenters. The molecule has 1 saturated heterocycles. The fourth-order valence-corrected chi connectivity index (χ4v) is 4.24. The first-order chi connectivity index (χ1) is 15.0. The molecule has 3 aromatic heterocycles. The van der Waals surface area contributed by atoms with Gasteiger partial charge in [0, 0.05) is 36.6 Å². The highest BCUT2D eigenvalue weighted by Crippen LogP contribution is 2.37. The second-order valence-corrected chi connectivity index (χ2v) is 8.13. The van der Waals surface area contributed by atoms with Crippen LogP contribution in [0.4, 0.5) is 14.6 Å². The van der Waals surface area contributed by atoms with E-state index in [-0.39, 0.29) is 6.04 Å². The zero-order valence-electron chi connectivity index (χ0n) is 17.4. The van der Waals surface area contributed by atoms with Gasteiger partial charge >= 0.3 is 0 Å². The molecule has 1 aliphatic heterocycles. The molecule has 1 aromatic carbocycles. The van der Waals surface area contributed by atoms with Crippen LogP contribution >= 0.6 is 0 Å². The van der Waals surface area contributed by atoms with Crippen molar-refractivity contribution in [3.8, 4) is 5.69 Å². The molecule has 0 spiro atoms. The second-order valence-electron chi connectivity index (χ2n) is 8.13. The third-order valence-corrected chi connectivity index (χ3v) is 5.58. The first kappa shape index (κ1) is 19.6. The lowest BCUT2D eigenvalue weighted by molar-refractivity contribution is 0.402. The van der Waals surface area contributed by atoms with Crippen molar-refractivity contribution in [1.29, 1.82) is 0 Å². The van der Waals surface area contributed by atoms with Crippen LogP contribution in [0.15, 0.2) is 49.1 Å². The molecule has 0 N–H and O–H groups in total. The van der Waals surface area contributed by atoms with Gasteiger partial charge in [0.05, 0.1) is 18.4 Å². The van der Waals surface area contributed by atoms with Gasteiger partial charge < -0.3 is 9.80 Å². The van der Waals surface area contributed by atoms with E-state index in [1.54, 1.807) is 15.4 Å². The van der Waals surface area contributed by atoms with E-state index < -0.39 is 11.6 Å². The second kappa shape index (κ2) is 7.73. The molecule has 5 rings (SSSR count). The molecule has 7 nitrogen and oxygen atoms in total. The first-order valence-electron chi connectivity index (χ1n) is 10.2. The van der Waals surface area contributed by atoms with Crippen molar-refractivity contribution in [2.24, 2.45) is 0 Å². The molecule has 31 heavy (non-hydrogen) atoms. The summed E-state index contributed by atoms with van der Waals surface area (Å²) in [5, 5.41) is 8.86. The Kier molecular flexibility index (Phi) is 4.90. The summed E-state index contributed by atoms with van der Waals surface area (Å²) < 4.78 is 31.7. The topological polar surface area (TPSA) is 54.5 Å². The van der Waals surface area contributed by atoms with Gasteiger partial charge in [-0.3, -0.25) is 0 Å². The van der Waals surface area contributed by atoms with Crippen molar-refractivity contribution in [2.45, 2.75) is 25.4 Å². The maximum absolute atomic E-state index is 14.4. The van der Waals surface area contributed by atoms with E-state index in [9.17, 15) is 8.78 Å². The Balaban J connectivity index is 1.51. The van der Waals surface area contributed by atoms with Crippen LogP contribution in [0.5, 0.6) is 0 Å². The van der Waals surface area contributed by atoms with Crippen LogP contribution in [0.25, 0.3) is 11.3 Å². The number of benzene rings is 1. The van der Waals surface area contributed by atoms with Crippen LogP contribution < -0.4 is 4.90 Å². The zero-order chi connectivity index (χ0) is 21.5. The molecular weight excluding hydrogens is 400 g/mol. The first-order valence-corrected chi connectivity index (χ1v) is 10.2. The smallest absolute Gasteiger partial charge is 0.183 e. The van der Waals surface area contributed by atoms with Crippen LogP contribution in [0.3, 0.4) is 0 Å². The summed E-state index contributed by atoms with van der Waals surface area (Å²) in [6.45, 7) is 1.51. The van der Waals surface area contributed by atoms with Crippen molar-refractivity contribution in [1.82, 2.24) is 29.3 Å². The van der Waals surface area contributed by atoms with E-state index in [0.29, 0.717) is 17.0 Å². The fourth-order valence-electron chi connectivity index (χ4n) is 4.24. The largest absolute Gasteiger partial charge is 0.349 e. The molecule has 0 amide bonds. The Labute approximate surface area is 178 Å². The summed E-state index contributed by atoms with van der Waals surface area (Å²) in [5.41, 5.74) is 2.87. The van der Waals surface area contributed by atoms with Crippen LogP contribution in [-0.2, 0) is 6.54 Å². The zero-order valence-corrected chi connectivity index (χ0v) is 17.4. The van der Waals surface area contributed by atoms with Crippen molar-refractivity contribution < 1.29 is 8.78 Å². The van der Waals surface area contributed by atoms with Crippen LogP contribution in [-0.4, -0.2) is 49.9 Å². The predicted octanol–water partition coefficient (Wildman–Crippen LogP) is 3.60. The van der Waals surface area contributed by atoms with Gasteiger partial charge in [0.1, 0.15) is 23.1 Å². The fraction of sp³-hybridized carbons (Fsp3) is 0.318. The summed E-state index contributed by atoms with van der Waals surface area (Å²) in [6, 6.07) is 5.23. The van der Waals surface area contributed by atoms with Gasteiger partial charge in [0.25, 0.3) is 0 Å². The predicted molar refractivity (Wildman–Crippen MR) is 113 cm³/mol. The van der Waals surface area contributed by atoms with Crippen molar-refractivity contribution in [3.63, 3.8) is 0 Å². The molecule has 4 heterocycles. The summed E-state index contributed by atoms with van der Waals surface area (Å²) >= 11 is 0. The third-order valence-electron chi connectivity index (χ3n) is 5.58. The molecule has 0 bridgehead atoms. The highest BCUT2D eigenvalue weighted by atomic mass is 19.1. The summed E-state index contributed by atoms with van der Waals surface area (Å²) in [4.78, 5) is 8.94. The lowest BCUT2D eigenvalue weighted by Gasteiger charge is -2.26. The number of nitrogens with zero attached hydrogens (tertiary/aromatic N) is 7. The maximum atomic E-state index is 14.4. The number of aromatic nitrogens is 5. The molecule has 1 aliphatic rings. The monoisotopic (exact) mass is 423 g/mol. The van der Waals surface area contributed by atoms with E-state index in [2.05, 4.69) is 15.1 Å². The lowest BCUT2D eigenvalue weighted by Crippen LogP contribution is -2.24. The Hall–Kier alpha value is -3.33. The van der Waals surface area contributed by atoms with Crippen LogP contribution in [0.2, 0.25) is 0 Å². The Morgan fingerprint density at radius 3 is 2.84 bits per heavy atom. The minimum absolute atomic E-state index is 0.256. The van der Waals surface area contributed by atoms with Crippen molar-refractivity contribution in [2.75, 3.05) is 25.5 Å². The molecule has 0 aliphatic carbocycles. The van der Waals surface area contributed by atoms with Crippen molar-refractivity contribution in [3.05, 3.63) is 71.8 Å². The highest BCUT2D eigenvalue weighted by molar-refractivity contribution is 5.61. The van der Waals surface area contributed by atoms with Gasteiger partial charge in [-0.15, -0.1) is 0 Å². The van der Waals surface area contributed by atoms with Gasteiger partial charge in [0.2, 0.25) is 0 Å². The quantitative estimate of drug-likeness (QED) is 0.491. The number of rotatable bonds is 5. The molecule has 4 aromatic rings. The van der Waals surface area contributed by atoms with E-state index in [4.69, 9.17) is 4.98 Å². The van der Waals surface area contributed by atoms with Crippen LogP contribution in [0, 0.1) is 11.6 Å². The maximum Gasteiger partial charge on any atom is 0.183 e. The number of fused-ring (bicyclic) bond motifs is 1. The van der Waals surface area contributed by atoms with Gasteiger partial charge in [0.15, 0.2) is 5.65 Å². The van der Waals surface area contributed by atoms with E-state index in [0.717, 1.165) is 43.2 Å². The minimum atomic E-state index is -0.433. The van der Waals surface area contributed by atoms with Crippen LogP contribution in [0.1, 0.15) is 30.0 Å². The van der Waals surface area contributed by atoms with E-state index in [1.807, 2.05) is 43.7 Å². The summed E-state index contributed by atoms with van der Waals surface area (Å²) in [5.74, 6) is -0.118. The Morgan fingerprint density at radius 2 is 2.00 bits per heavy atom. The van der Waals surface area contributed by atoms with Crippen molar-refractivity contribution >= 4 is 11.5 Å². The average Bonchev–Trinajstić information content (AvgIpc) is 3.47. The van der Waals surface area contributed by atoms with Gasteiger partial charge in [-0.1, -0.05) is 0 Å².